The molecule has 1 aromatic heterocycles. The number of hydrogen-bond acceptors (Lipinski definition) is 3. The third-order valence-electron chi connectivity index (χ3n) is 3.02. The van der Waals surface area contributed by atoms with Crippen molar-refractivity contribution in [2.45, 2.75) is 12.8 Å². The Morgan fingerprint density at radius 1 is 1.24 bits per heavy atom. The van der Waals surface area contributed by atoms with E-state index in [0.717, 1.165) is 36.5 Å². The van der Waals surface area contributed by atoms with Crippen LogP contribution in [0.4, 0.5) is 5.69 Å². The molecule has 0 fully saturated rings. The molecule has 17 heavy (non-hydrogen) atoms. The first-order valence-electron chi connectivity index (χ1n) is 5.81. The average molecular weight is 226 g/mol. The zero-order valence-corrected chi connectivity index (χ0v) is 9.52. The van der Waals surface area contributed by atoms with Crippen molar-refractivity contribution in [3.63, 3.8) is 0 Å². The second-order valence-corrected chi connectivity index (χ2v) is 4.22. The summed E-state index contributed by atoms with van der Waals surface area (Å²) in [6, 6.07) is 9.88. The van der Waals surface area contributed by atoms with Gasteiger partial charge in [-0.05, 0) is 48.7 Å². The van der Waals surface area contributed by atoms with Gasteiger partial charge in [-0.1, -0.05) is 0 Å². The Bertz CT molecular complexity index is 552. The lowest BCUT2D eigenvalue weighted by Crippen LogP contribution is -2.08. The van der Waals surface area contributed by atoms with Gasteiger partial charge in [-0.25, -0.2) is 0 Å². The third kappa shape index (κ3) is 1.84. The van der Waals surface area contributed by atoms with Crippen LogP contribution in [-0.2, 0) is 6.42 Å². The molecule has 2 heterocycles. The van der Waals surface area contributed by atoms with E-state index < -0.39 is 0 Å². The average Bonchev–Trinajstić information content (AvgIpc) is 2.39. The molecule has 0 amide bonds. The highest BCUT2D eigenvalue weighted by molar-refractivity contribution is 5.73. The summed E-state index contributed by atoms with van der Waals surface area (Å²) in [6.07, 6.45) is 3.91. The lowest BCUT2D eigenvalue weighted by atomic mass is 10.0. The molecule has 2 N–H and O–H groups in total. The maximum atomic E-state index is 5.93. The van der Waals surface area contributed by atoms with E-state index in [1.165, 1.54) is 5.56 Å². The molecule has 0 saturated heterocycles. The van der Waals surface area contributed by atoms with Gasteiger partial charge in [-0.2, -0.15) is 0 Å². The largest absolute Gasteiger partial charge is 0.493 e. The van der Waals surface area contributed by atoms with Gasteiger partial charge in [0, 0.05) is 11.8 Å². The maximum Gasteiger partial charge on any atom is 0.122 e. The second-order valence-electron chi connectivity index (χ2n) is 4.22. The molecule has 0 aliphatic carbocycles. The van der Waals surface area contributed by atoms with Crippen LogP contribution < -0.4 is 10.5 Å². The van der Waals surface area contributed by atoms with Crippen molar-refractivity contribution in [2.24, 2.45) is 0 Å². The highest BCUT2D eigenvalue weighted by Gasteiger charge is 2.12. The monoisotopic (exact) mass is 226 g/mol. The van der Waals surface area contributed by atoms with Crippen molar-refractivity contribution < 1.29 is 4.74 Å². The Hall–Kier alpha value is -2.03. The molecule has 1 aromatic carbocycles. The molecule has 0 unspecified atom stereocenters. The maximum absolute atomic E-state index is 5.93. The Kier molecular flexibility index (Phi) is 2.44. The molecule has 2 aromatic rings. The van der Waals surface area contributed by atoms with Crippen LogP contribution in [0.5, 0.6) is 5.75 Å². The number of pyridine rings is 1. The van der Waals surface area contributed by atoms with Crippen LogP contribution in [0.1, 0.15) is 12.0 Å². The van der Waals surface area contributed by atoms with E-state index in [4.69, 9.17) is 10.5 Å². The van der Waals surface area contributed by atoms with Crippen molar-refractivity contribution in [3.8, 4) is 17.0 Å². The molecule has 0 saturated carbocycles. The van der Waals surface area contributed by atoms with Crippen molar-refractivity contribution in [3.05, 3.63) is 42.1 Å². The van der Waals surface area contributed by atoms with Crippen LogP contribution in [0.2, 0.25) is 0 Å². The molecule has 1 aliphatic heterocycles. The molecule has 0 bridgehead atoms. The van der Waals surface area contributed by atoms with E-state index in [1.54, 1.807) is 6.20 Å². The summed E-state index contributed by atoms with van der Waals surface area (Å²) < 4.78 is 5.59. The summed E-state index contributed by atoms with van der Waals surface area (Å²) in [7, 11) is 0. The van der Waals surface area contributed by atoms with Gasteiger partial charge in [0.2, 0.25) is 0 Å². The van der Waals surface area contributed by atoms with E-state index in [-0.39, 0.29) is 0 Å². The molecule has 3 nitrogen and oxygen atoms in total. The summed E-state index contributed by atoms with van der Waals surface area (Å²) in [6.45, 7) is 0.818. The SMILES string of the molecule is Nc1cccnc1-c1ccc2c(c1)CCCO2. The van der Waals surface area contributed by atoms with Crippen molar-refractivity contribution >= 4 is 5.69 Å². The van der Waals surface area contributed by atoms with Gasteiger partial charge in [0.05, 0.1) is 18.0 Å². The first-order chi connectivity index (χ1) is 8.34. The smallest absolute Gasteiger partial charge is 0.122 e. The predicted octanol–water partition coefficient (Wildman–Crippen LogP) is 2.66. The minimum absolute atomic E-state index is 0.712. The van der Waals surface area contributed by atoms with Crippen LogP contribution in [0.25, 0.3) is 11.3 Å². The summed E-state index contributed by atoms with van der Waals surface area (Å²) in [5.41, 5.74) is 9.81. The third-order valence-corrected chi connectivity index (χ3v) is 3.02. The molecular formula is C14H14N2O. The zero-order chi connectivity index (χ0) is 11.7. The number of ether oxygens (including phenoxy) is 1. The van der Waals surface area contributed by atoms with Crippen molar-refractivity contribution in [1.29, 1.82) is 0 Å². The fourth-order valence-electron chi connectivity index (χ4n) is 2.17. The molecule has 0 spiro atoms. The van der Waals surface area contributed by atoms with Gasteiger partial charge in [-0.15, -0.1) is 0 Å². The number of benzene rings is 1. The van der Waals surface area contributed by atoms with E-state index >= 15 is 0 Å². The van der Waals surface area contributed by atoms with E-state index in [9.17, 15) is 0 Å². The number of nitrogens with zero attached hydrogens (tertiary/aromatic N) is 1. The van der Waals surface area contributed by atoms with E-state index in [1.807, 2.05) is 24.3 Å². The normalized spacial score (nSPS) is 13.9. The van der Waals surface area contributed by atoms with Crippen molar-refractivity contribution in [2.75, 3.05) is 12.3 Å². The van der Waals surface area contributed by atoms with Crippen LogP contribution in [-0.4, -0.2) is 11.6 Å². The number of hydrogen-bond donors (Lipinski definition) is 1. The van der Waals surface area contributed by atoms with Crippen LogP contribution in [0.3, 0.4) is 0 Å². The van der Waals surface area contributed by atoms with Crippen LogP contribution in [0.15, 0.2) is 36.5 Å². The summed E-state index contributed by atoms with van der Waals surface area (Å²) in [5.74, 6) is 0.995. The molecule has 0 radical (unpaired) electrons. The first kappa shape index (κ1) is 10.1. The van der Waals surface area contributed by atoms with Gasteiger partial charge < -0.3 is 10.5 Å². The number of aryl methyl sites for hydroxylation is 1. The number of anilines is 1. The Morgan fingerprint density at radius 2 is 2.18 bits per heavy atom. The highest BCUT2D eigenvalue weighted by atomic mass is 16.5. The number of rotatable bonds is 1. The topological polar surface area (TPSA) is 48.1 Å². The molecule has 86 valence electrons. The number of fused-ring (bicyclic) bond motifs is 1. The Morgan fingerprint density at radius 3 is 3.06 bits per heavy atom. The van der Waals surface area contributed by atoms with E-state index in [0.29, 0.717) is 5.69 Å². The molecule has 1 aliphatic rings. The number of nitrogen functional groups attached to an aromatic ring is 1. The van der Waals surface area contributed by atoms with Gasteiger partial charge in [-0.3, -0.25) is 4.98 Å². The van der Waals surface area contributed by atoms with E-state index in [2.05, 4.69) is 11.1 Å². The van der Waals surface area contributed by atoms with Gasteiger partial charge in [0.1, 0.15) is 5.75 Å². The fraction of sp³-hybridized carbons (Fsp3) is 0.214. The quantitative estimate of drug-likeness (QED) is 0.813. The summed E-state index contributed by atoms with van der Waals surface area (Å²) in [5, 5.41) is 0. The predicted molar refractivity (Wildman–Crippen MR) is 67.9 cm³/mol. The minimum atomic E-state index is 0.712. The standard InChI is InChI=1S/C14H14N2O/c15-12-4-1-7-16-14(12)11-5-6-13-10(9-11)3-2-8-17-13/h1,4-7,9H,2-3,8,15H2. The minimum Gasteiger partial charge on any atom is -0.493 e. The Balaban J connectivity index is 2.07. The van der Waals surface area contributed by atoms with Crippen molar-refractivity contribution in [1.82, 2.24) is 4.98 Å². The summed E-state index contributed by atoms with van der Waals surface area (Å²) >= 11 is 0. The lowest BCUT2D eigenvalue weighted by Gasteiger charge is -2.18. The van der Waals surface area contributed by atoms with Gasteiger partial charge >= 0.3 is 0 Å². The molecular weight excluding hydrogens is 212 g/mol. The fourth-order valence-corrected chi connectivity index (χ4v) is 2.17. The van der Waals surface area contributed by atoms with Gasteiger partial charge in [0.25, 0.3) is 0 Å². The lowest BCUT2D eigenvalue weighted by molar-refractivity contribution is 0.288. The number of nitrogens with two attached hydrogens (primary N) is 1. The van der Waals surface area contributed by atoms with Crippen LogP contribution in [0, 0.1) is 0 Å². The zero-order valence-electron chi connectivity index (χ0n) is 9.52. The highest BCUT2D eigenvalue weighted by Crippen LogP contribution is 2.31. The first-order valence-corrected chi connectivity index (χ1v) is 5.81. The molecule has 0 atom stereocenters. The van der Waals surface area contributed by atoms with Gasteiger partial charge in [0.15, 0.2) is 0 Å². The summed E-state index contributed by atoms with van der Waals surface area (Å²) in [4.78, 5) is 4.33. The Labute approximate surface area is 100 Å². The molecule has 3 heteroatoms. The molecule has 3 rings (SSSR count). The van der Waals surface area contributed by atoms with Crippen LogP contribution >= 0.6 is 0 Å². The second kappa shape index (κ2) is 4.09. The number of aromatic nitrogens is 1.